The zero-order chi connectivity index (χ0) is 16.5. The molecule has 0 fully saturated rings. The van der Waals surface area contributed by atoms with Crippen LogP contribution in [0.25, 0.3) is 33.4 Å². The summed E-state index contributed by atoms with van der Waals surface area (Å²) >= 11 is 0. The van der Waals surface area contributed by atoms with Crippen LogP contribution in [-0.2, 0) is 0 Å². The predicted octanol–water partition coefficient (Wildman–Crippen LogP) is 5.22. The first-order chi connectivity index (χ1) is 11.8. The Morgan fingerprint density at radius 1 is 0.708 bits per heavy atom. The molecule has 0 bridgehead atoms. The molecule has 0 spiro atoms. The van der Waals surface area contributed by atoms with E-state index < -0.39 is 0 Å². The van der Waals surface area contributed by atoms with Crippen molar-refractivity contribution in [2.24, 2.45) is 0 Å². The number of hydrogen-bond acceptors (Lipinski definition) is 3. The molecule has 3 aromatic carbocycles. The molecule has 4 aromatic rings. The highest BCUT2D eigenvalue weighted by Gasteiger charge is 2.15. The fourth-order valence-electron chi connectivity index (χ4n) is 2.85. The van der Waals surface area contributed by atoms with Gasteiger partial charge in [0.25, 0.3) is 0 Å². The van der Waals surface area contributed by atoms with Crippen molar-refractivity contribution in [3.8, 4) is 28.7 Å². The van der Waals surface area contributed by atoms with Crippen LogP contribution in [0.3, 0.4) is 0 Å². The predicted molar refractivity (Wildman–Crippen MR) is 96.2 cm³/mol. The Labute approximate surface area is 139 Å². The van der Waals surface area contributed by atoms with Crippen LogP contribution in [0.15, 0.2) is 77.2 Å². The third-order valence-electron chi connectivity index (χ3n) is 4.07. The summed E-state index contributed by atoms with van der Waals surface area (Å²) in [5, 5.41) is 11.1. The zero-order valence-electron chi connectivity index (χ0n) is 12.9. The SMILES string of the molecule is N#Cc1ccc(-c2oc(-c3ccc(N)cc3)c3ccccc23)cc1. The third-order valence-corrected chi connectivity index (χ3v) is 4.07. The number of fused-ring (bicyclic) bond motifs is 1. The number of nitriles is 1. The van der Waals surface area contributed by atoms with E-state index in [1.807, 2.05) is 54.6 Å². The second kappa shape index (κ2) is 5.60. The van der Waals surface area contributed by atoms with Crippen molar-refractivity contribution in [2.75, 3.05) is 5.73 Å². The summed E-state index contributed by atoms with van der Waals surface area (Å²) < 4.78 is 6.23. The van der Waals surface area contributed by atoms with Crippen LogP contribution < -0.4 is 5.73 Å². The smallest absolute Gasteiger partial charge is 0.142 e. The van der Waals surface area contributed by atoms with E-state index >= 15 is 0 Å². The maximum absolute atomic E-state index is 8.96. The van der Waals surface area contributed by atoms with E-state index in [1.165, 1.54) is 0 Å². The Morgan fingerprint density at radius 3 is 1.71 bits per heavy atom. The van der Waals surface area contributed by atoms with Gasteiger partial charge in [-0.15, -0.1) is 0 Å². The molecule has 3 heteroatoms. The lowest BCUT2D eigenvalue weighted by atomic mass is 10.0. The lowest BCUT2D eigenvalue weighted by Crippen LogP contribution is -1.83. The molecule has 24 heavy (non-hydrogen) atoms. The molecule has 1 heterocycles. The lowest BCUT2D eigenvalue weighted by molar-refractivity contribution is 0.602. The van der Waals surface area contributed by atoms with Gasteiger partial charge in [0.1, 0.15) is 11.5 Å². The molecular weight excluding hydrogens is 296 g/mol. The van der Waals surface area contributed by atoms with Crippen molar-refractivity contribution >= 4 is 16.5 Å². The van der Waals surface area contributed by atoms with Gasteiger partial charge in [0, 0.05) is 27.6 Å². The fraction of sp³-hybridized carbons (Fsp3) is 0. The first-order valence-corrected chi connectivity index (χ1v) is 7.64. The van der Waals surface area contributed by atoms with Gasteiger partial charge >= 0.3 is 0 Å². The molecule has 0 atom stereocenters. The summed E-state index contributed by atoms with van der Waals surface area (Å²) in [5.74, 6) is 1.63. The standard InChI is InChI=1S/C21H14N2O/c22-13-14-5-7-15(8-6-14)20-18-3-1-2-4-19(18)21(24-20)16-9-11-17(23)12-10-16/h1-12H,23H2. The molecule has 0 aliphatic rings. The highest BCUT2D eigenvalue weighted by molar-refractivity contribution is 6.02. The van der Waals surface area contributed by atoms with Gasteiger partial charge in [0.2, 0.25) is 0 Å². The van der Waals surface area contributed by atoms with Crippen molar-refractivity contribution in [3.63, 3.8) is 0 Å². The minimum atomic E-state index is 0.633. The van der Waals surface area contributed by atoms with Gasteiger partial charge in [-0.3, -0.25) is 0 Å². The van der Waals surface area contributed by atoms with E-state index in [2.05, 4.69) is 12.1 Å². The Kier molecular flexibility index (Phi) is 3.29. The lowest BCUT2D eigenvalue weighted by Gasteiger charge is -2.00. The number of nitrogen functional groups attached to an aromatic ring is 1. The van der Waals surface area contributed by atoms with Crippen LogP contribution in [0.5, 0.6) is 0 Å². The second-order valence-corrected chi connectivity index (χ2v) is 5.62. The Morgan fingerprint density at radius 2 is 1.21 bits per heavy atom. The highest BCUT2D eigenvalue weighted by atomic mass is 16.3. The maximum atomic E-state index is 8.96. The number of hydrogen-bond donors (Lipinski definition) is 1. The summed E-state index contributed by atoms with van der Waals surface area (Å²) in [6.45, 7) is 0. The normalized spacial score (nSPS) is 10.6. The van der Waals surface area contributed by atoms with E-state index in [0.29, 0.717) is 5.56 Å². The quantitative estimate of drug-likeness (QED) is 0.516. The van der Waals surface area contributed by atoms with Crippen molar-refractivity contribution in [1.82, 2.24) is 0 Å². The van der Waals surface area contributed by atoms with Crippen molar-refractivity contribution < 1.29 is 4.42 Å². The average molecular weight is 310 g/mol. The zero-order valence-corrected chi connectivity index (χ0v) is 12.9. The maximum Gasteiger partial charge on any atom is 0.142 e. The van der Waals surface area contributed by atoms with E-state index in [-0.39, 0.29) is 0 Å². The molecule has 0 saturated carbocycles. The van der Waals surface area contributed by atoms with Gasteiger partial charge in [-0.2, -0.15) is 5.26 Å². The van der Waals surface area contributed by atoms with Gasteiger partial charge in [0.15, 0.2) is 0 Å². The largest absolute Gasteiger partial charge is 0.455 e. The summed E-state index contributed by atoms with van der Waals surface area (Å²) in [5.41, 5.74) is 9.08. The van der Waals surface area contributed by atoms with Gasteiger partial charge in [-0.05, 0) is 48.5 Å². The first kappa shape index (κ1) is 14.1. The van der Waals surface area contributed by atoms with E-state index in [0.717, 1.165) is 39.1 Å². The van der Waals surface area contributed by atoms with Gasteiger partial charge in [0.05, 0.1) is 11.6 Å². The topological polar surface area (TPSA) is 63.0 Å². The molecule has 0 saturated heterocycles. The van der Waals surface area contributed by atoms with Crippen LogP contribution in [0.4, 0.5) is 5.69 Å². The second-order valence-electron chi connectivity index (χ2n) is 5.62. The van der Waals surface area contributed by atoms with E-state index in [1.54, 1.807) is 12.1 Å². The highest BCUT2D eigenvalue weighted by Crippen LogP contribution is 2.39. The molecule has 3 nitrogen and oxygen atoms in total. The van der Waals surface area contributed by atoms with Crippen molar-refractivity contribution in [2.45, 2.75) is 0 Å². The third kappa shape index (κ3) is 2.31. The molecule has 114 valence electrons. The van der Waals surface area contributed by atoms with Crippen LogP contribution in [-0.4, -0.2) is 0 Å². The minimum Gasteiger partial charge on any atom is -0.455 e. The molecule has 4 rings (SSSR count). The van der Waals surface area contributed by atoms with Crippen molar-refractivity contribution in [1.29, 1.82) is 5.26 Å². The summed E-state index contributed by atoms with van der Waals surface area (Å²) in [4.78, 5) is 0. The van der Waals surface area contributed by atoms with Gasteiger partial charge in [-0.25, -0.2) is 0 Å². The Balaban J connectivity index is 1.93. The summed E-state index contributed by atoms with van der Waals surface area (Å²) in [7, 11) is 0. The number of furan rings is 1. The van der Waals surface area contributed by atoms with E-state index in [9.17, 15) is 0 Å². The molecule has 0 unspecified atom stereocenters. The number of nitrogens with two attached hydrogens (primary N) is 1. The number of rotatable bonds is 2. The average Bonchev–Trinajstić information content (AvgIpc) is 3.02. The van der Waals surface area contributed by atoms with Crippen LogP contribution in [0.1, 0.15) is 5.56 Å². The summed E-state index contributed by atoms with van der Waals surface area (Å²) in [6.07, 6.45) is 0. The minimum absolute atomic E-state index is 0.633. The molecule has 0 aliphatic carbocycles. The molecule has 0 radical (unpaired) electrons. The molecule has 1 aromatic heterocycles. The number of anilines is 1. The van der Waals surface area contributed by atoms with E-state index in [4.69, 9.17) is 15.4 Å². The van der Waals surface area contributed by atoms with Gasteiger partial charge in [-0.1, -0.05) is 24.3 Å². The number of nitrogens with zero attached hydrogens (tertiary/aromatic N) is 1. The Bertz CT molecular complexity index is 1050. The monoisotopic (exact) mass is 310 g/mol. The molecule has 0 amide bonds. The molecule has 2 N–H and O–H groups in total. The summed E-state index contributed by atoms with van der Waals surface area (Å²) in [6, 6.07) is 25.3. The van der Waals surface area contributed by atoms with Crippen LogP contribution in [0.2, 0.25) is 0 Å². The molecular formula is C21H14N2O. The Hall–Kier alpha value is -3.51. The van der Waals surface area contributed by atoms with Gasteiger partial charge < -0.3 is 10.2 Å². The van der Waals surface area contributed by atoms with Crippen molar-refractivity contribution in [3.05, 3.63) is 78.4 Å². The fourth-order valence-corrected chi connectivity index (χ4v) is 2.85. The molecule has 0 aliphatic heterocycles. The van der Waals surface area contributed by atoms with Crippen LogP contribution in [0, 0.1) is 11.3 Å². The van der Waals surface area contributed by atoms with Crippen LogP contribution >= 0.6 is 0 Å². The first-order valence-electron chi connectivity index (χ1n) is 7.64. The number of benzene rings is 3.